The number of aliphatic carboxylic acids is 1. The molecule has 4 nitrogen and oxygen atoms in total. The van der Waals surface area contributed by atoms with Crippen LogP contribution >= 0.6 is 0 Å². The summed E-state index contributed by atoms with van der Waals surface area (Å²) in [5, 5.41) is 8.77. The quantitative estimate of drug-likeness (QED) is 0.665. The minimum Gasteiger partial charge on any atom is -0.480 e. The molecule has 0 bridgehead atoms. The van der Waals surface area contributed by atoms with Crippen molar-refractivity contribution in [1.82, 2.24) is 0 Å². The van der Waals surface area contributed by atoms with E-state index in [1.807, 2.05) is 0 Å². The van der Waals surface area contributed by atoms with Crippen LogP contribution in [0, 0.1) is 0 Å². The Kier molecular flexibility index (Phi) is 5.74. The molecule has 16 heavy (non-hydrogen) atoms. The number of nitrogens with two attached hydrogens (primary N) is 1. The molecule has 0 amide bonds. The SMILES string of the molecule is CCC(N)(CCCOCC(F)(F)F)C(=O)O. The molecule has 0 heterocycles. The maximum Gasteiger partial charge on any atom is 0.411 e. The van der Waals surface area contributed by atoms with Gasteiger partial charge in [-0.25, -0.2) is 0 Å². The van der Waals surface area contributed by atoms with E-state index in [1.54, 1.807) is 6.92 Å². The Labute approximate surface area is 91.6 Å². The Morgan fingerprint density at radius 2 is 2.00 bits per heavy atom. The van der Waals surface area contributed by atoms with Gasteiger partial charge in [0.1, 0.15) is 12.1 Å². The van der Waals surface area contributed by atoms with Crippen molar-refractivity contribution in [3.63, 3.8) is 0 Å². The van der Waals surface area contributed by atoms with Crippen molar-refractivity contribution in [3.05, 3.63) is 0 Å². The third-order valence-corrected chi connectivity index (χ3v) is 2.23. The van der Waals surface area contributed by atoms with Gasteiger partial charge in [0.2, 0.25) is 0 Å². The third-order valence-electron chi connectivity index (χ3n) is 2.23. The first kappa shape index (κ1) is 15.2. The molecule has 0 rings (SSSR count). The van der Waals surface area contributed by atoms with Crippen LogP contribution < -0.4 is 5.73 Å². The fourth-order valence-electron chi connectivity index (χ4n) is 1.11. The van der Waals surface area contributed by atoms with Crippen LogP contribution in [0.2, 0.25) is 0 Å². The highest BCUT2D eigenvalue weighted by atomic mass is 19.4. The minimum atomic E-state index is -4.35. The summed E-state index contributed by atoms with van der Waals surface area (Å²) in [5.74, 6) is -1.15. The van der Waals surface area contributed by atoms with E-state index in [2.05, 4.69) is 4.74 Å². The predicted octanol–water partition coefficient (Wildman–Crippen LogP) is 1.54. The van der Waals surface area contributed by atoms with Gasteiger partial charge >= 0.3 is 12.1 Å². The number of hydrogen-bond acceptors (Lipinski definition) is 3. The van der Waals surface area contributed by atoms with Gasteiger partial charge in [-0.15, -0.1) is 0 Å². The van der Waals surface area contributed by atoms with Gasteiger partial charge < -0.3 is 15.6 Å². The number of carbonyl (C=O) groups is 1. The second kappa shape index (κ2) is 6.05. The largest absolute Gasteiger partial charge is 0.480 e. The van der Waals surface area contributed by atoms with Crippen molar-refractivity contribution in [1.29, 1.82) is 0 Å². The second-order valence-electron chi connectivity index (χ2n) is 3.59. The van der Waals surface area contributed by atoms with Gasteiger partial charge in [-0.2, -0.15) is 13.2 Å². The van der Waals surface area contributed by atoms with Gasteiger partial charge in [0, 0.05) is 6.61 Å². The summed E-state index contributed by atoms with van der Waals surface area (Å²) in [6.45, 7) is 0.153. The molecule has 0 aromatic rings. The summed E-state index contributed by atoms with van der Waals surface area (Å²) < 4.78 is 39.3. The second-order valence-corrected chi connectivity index (χ2v) is 3.59. The Balaban J connectivity index is 3.77. The summed E-state index contributed by atoms with van der Waals surface area (Å²) in [5.41, 5.74) is 4.16. The van der Waals surface area contributed by atoms with E-state index in [1.165, 1.54) is 0 Å². The molecule has 0 aliphatic carbocycles. The molecule has 0 radical (unpaired) electrons. The highest BCUT2D eigenvalue weighted by molar-refractivity contribution is 5.78. The lowest BCUT2D eigenvalue weighted by Crippen LogP contribution is -2.47. The zero-order valence-corrected chi connectivity index (χ0v) is 9.01. The van der Waals surface area contributed by atoms with Crippen molar-refractivity contribution >= 4 is 5.97 Å². The molecule has 3 N–H and O–H groups in total. The molecule has 0 aliphatic rings. The normalized spacial score (nSPS) is 15.8. The van der Waals surface area contributed by atoms with Crippen LogP contribution in [-0.2, 0) is 9.53 Å². The molecule has 0 spiro atoms. The molecule has 7 heteroatoms. The molecule has 0 aromatic carbocycles. The molecular formula is C9H16F3NO3. The summed E-state index contributed by atoms with van der Waals surface area (Å²) in [6.07, 6.45) is -3.84. The van der Waals surface area contributed by atoms with E-state index in [0.717, 1.165) is 0 Å². The Bertz CT molecular complexity index is 233. The zero-order valence-electron chi connectivity index (χ0n) is 9.01. The Hall–Kier alpha value is -0.820. The summed E-state index contributed by atoms with van der Waals surface area (Å²) in [6, 6.07) is 0. The number of halogens is 3. The van der Waals surface area contributed by atoms with Gasteiger partial charge in [0.25, 0.3) is 0 Å². The summed E-state index contributed by atoms with van der Waals surface area (Å²) in [7, 11) is 0. The summed E-state index contributed by atoms with van der Waals surface area (Å²) >= 11 is 0. The predicted molar refractivity (Wildman–Crippen MR) is 51.0 cm³/mol. The third kappa shape index (κ3) is 5.92. The van der Waals surface area contributed by atoms with E-state index in [-0.39, 0.29) is 25.9 Å². The highest BCUT2D eigenvalue weighted by Gasteiger charge is 2.31. The molecule has 1 atom stereocenters. The maximum atomic E-state index is 11.7. The van der Waals surface area contributed by atoms with Crippen molar-refractivity contribution in [2.75, 3.05) is 13.2 Å². The van der Waals surface area contributed by atoms with Gasteiger partial charge in [-0.3, -0.25) is 4.79 Å². The van der Waals surface area contributed by atoms with Crippen LogP contribution in [0.15, 0.2) is 0 Å². The van der Waals surface area contributed by atoms with Crippen LogP contribution in [0.4, 0.5) is 13.2 Å². The van der Waals surface area contributed by atoms with Crippen molar-refractivity contribution in [3.8, 4) is 0 Å². The standard InChI is InChI=1S/C9H16F3NO3/c1-2-8(13,7(14)15)4-3-5-16-6-9(10,11)12/h2-6,13H2,1H3,(H,14,15). The van der Waals surface area contributed by atoms with Gasteiger partial charge in [-0.05, 0) is 19.3 Å². The smallest absolute Gasteiger partial charge is 0.411 e. The number of ether oxygens (including phenoxy) is 1. The monoisotopic (exact) mass is 243 g/mol. The van der Waals surface area contributed by atoms with Crippen molar-refractivity contribution in [2.24, 2.45) is 5.73 Å². The zero-order chi connectivity index (χ0) is 12.8. The van der Waals surface area contributed by atoms with Crippen LogP contribution in [0.5, 0.6) is 0 Å². The molecule has 1 unspecified atom stereocenters. The lowest BCUT2D eigenvalue weighted by atomic mass is 9.92. The van der Waals surface area contributed by atoms with Crippen LogP contribution in [0.25, 0.3) is 0 Å². The number of carboxylic acids is 1. The van der Waals surface area contributed by atoms with Crippen LogP contribution in [0.3, 0.4) is 0 Å². The average Bonchev–Trinajstić information content (AvgIpc) is 2.14. The van der Waals surface area contributed by atoms with E-state index >= 15 is 0 Å². The van der Waals surface area contributed by atoms with Crippen molar-refractivity contribution in [2.45, 2.75) is 37.9 Å². The topological polar surface area (TPSA) is 72.5 Å². The Morgan fingerprint density at radius 3 is 2.38 bits per heavy atom. The first-order chi connectivity index (χ1) is 7.21. The van der Waals surface area contributed by atoms with E-state index in [9.17, 15) is 18.0 Å². The minimum absolute atomic E-state index is 0.0939. The number of carboxylic acid groups (broad SMARTS) is 1. The maximum absolute atomic E-state index is 11.7. The molecular weight excluding hydrogens is 227 g/mol. The van der Waals surface area contributed by atoms with E-state index in [0.29, 0.717) is 0 Å². The summed E-state index contributed by atoms with van der Waals surface area (Å²) in [4.78, 5) is 10.7. The lowest BCUT2D eigenvalue weighted by molar-refractivity contribution is -0.174. The number of rotatable bonds is 7. The fraction of sp³-hybridized carbons (Fsp3) is 0.889. The first-order valence-corrected chi connectivity index (χ1v) is 4.88. The first-order valence-electron chi connectivity index (χ1n) is 4.88. The molecule has 0 saturated carbocycles. The lowest BCUT2D eigenvalue weighted by Gasteiger charge is -2.22. The average molecular weight is 243 g/mol. The van der Waals surface area contributed by atoms with Gasteiger partial charge in [0.05, 0.1) is 0 Å². The van der Waals surface area contributed by atoms with Gasteiger partial charge in [0.15, 0.2) is 0 Å². The van der Waals surface area contributed by atoms with Crippen LogP contribution in [-0.4, -0.2) is 36.0 Å². The van der Waals surface area contributed by atoms with Gasteiger partial charge in [-0.1, -0.05) is 6.92 Å². The van der Waals surface area contributed by atoms with Crippen LogP contribution in [0.1, 0.15) is 26.2 Å². The molecule has 0 saturated heterocycles. The number of alkyl halides is 3. The molecule has 96 valence electrons. The number of hydrogen-bond donors (Lipinski definition) is 2. The molecule has 0 aromatic heterocycles. The fourth-order valence-corrected chi connectivity index (χ4v) is 1.11. The highest BCUT2D eigenvalue weighted by Crippen LogP contribution is 2.17. The van der Waals surface area contributed by atoms with E-state index < -0.39 is 24.3 Å². The molecule has 0 fully saturated rings. The molecule has 0 aliphatic heterocycles. The van der Waals surface area contributed by atoms with E-state index in [4.69, 9.17) is 10.8 Å². The van der Waals surface area contributed by atoms with Crippen molar-refractivity contribution < 1.29 is 27.8 Å². The Morgan fingerprint density at radius 1 is 1.44 bits per heavy atom.